The van der Waals surface area contributed by atoms with Gasteiger partial charge in [-0.1, -0.05) is 30.8 Å². The number of benzene rings is 1. The van der Waals surface area contributed by atoms with Gasteiger partial charge in [0.1, 0.15) is 5.44 Å². The third kappa shape index (κ3) is 1.66. The molecule has 1 aromatic carbocycles. The molecule has 0 N–H and O–H groups in total. The van der Waals surface area contributed by atoms with Gasteiger partial charge in [0.2, 0.25) is 5.91 Å². The van der Waals surface area contributed by atoms with E-state index in [2.05, 4.69) is 4.98 Å². The second kappa shape index (κ2) is 4.40. The summed E-state index contributed by atoms with van der Waals surface area (Å²) in [5.41, 5.74) is 1.00. The number of fused-ring (bicyclic) bond motifs is 3. The highest BCUT2D eigenvalue weighted by molar-refractivity contribution is 7.99. The SMILES string of the molecule is [2H]C1(C)C(=O)n2c(nc3ccccc32)SC1OCC. The van der Waals surface area contributed by atoms with Gasteiger partial charge < -0.3 is 4.74 Å². The van der Waals surface area contributed by atoms with Crippen molar-refractivity contribution in [1.29, 1.82) is 0 Å². The van der Waals surface area contributed by atoms with Gasteiger partial charge in [-0.2, -0.15) is 0 Å². The van der Waals surface area contributed by atoms with Crippen LogP contribution in [-0.4, -0.2) is 27.5 Å². The molecule has 2 atom stereocenters. The van der Waals surface area contributed by atoms with Gasteiger partial charge in [0.05, 0.1) is 16.9 Å². The van der Waals surface area contributed by atoms with Gasteiger partial charge in [0.15, 0.2) is 5.16 Å². The molecule has 0 saturated heterocycles. The molecule has 0 amide bonds. The van der Waals surface area contributed by atoms with Gasteiger partial charge in [0, 0.05) is 7.98 Å². The highest BCUT2D eigenvalue weighted by Gasteiger charge is 2.35. The van der Waals surface area contributed by atoms with Crippen LogP contribution in [0.2, 0.25) is 0 Å². The number of nitrogens with zero attached hydrogens (tertiary/aromatic N) is 2. The molecular formula is C13H14N2O2S. The van der Waals surface area contributed by atoms with Gasteiger partial charge in [-0.15, -0.1) is 0 Å². The van der Waals surface area contributed by atoms with Crippen molar-refractivity contribution in [3.8, 4) is 0 Å². The van der Waals surface area contributed by atoms with Crippen LogP contribution in [0.3, 0.4) is 0 Å². The zero-order valence-electron chi connectivity index (χ0n) is 11.2. The molecule has 18 heavy (non-hydrogen) atoms. The Morgan fingerprint density at radius 3 is 3.11 bits per heavy atom. The van der Waals surface area contributed by atoms with E-state index in [1.54, 1.807) is 6.92 Å². The molecule has 2 heterocycles. The fourth-order valence-electron chi connectivity index (χ4n) is 2.05. The van der Waals surface area contributed by atoms with Crippen molar-refractivity contribution < 1.29 is 10.9 Å². The van der Waals surface area contributed by atoms with E-state index in [1.807, 2.05) is 31.2 Å². The largest absolute Gasteiger partial charge is 0.367 e. The van der Waals surface area contributed by atoms with Crippen molar-refractivity contribution in [2.24, 2.45) is 5.89 Å². The molecule has 1 aromatic heterocycles. The quantitative estimate of drug-likeness (QED) is 0.835. The molecule has 4 nitrogen and oxygen atoms in total. The zero-order valence-corrected chi connectivity index (χ0v) is 11.0. The molecule has 1 aliphatic rings. The molecule has 94 valence electrons. The summed E-state index contributed by atoms with van der Waals surface area (Å²) in [5, 5.41) is 0.606. The minimum Gasteiger partial charge on any atom is -0.367 e. The molecule has 1 aliphatic heterocycles. The summed E-state index contributed by atoms with van der Waals surface area (Å²) in [4.78, 5) is 17.0. The van der Waals surface area contributed by atoms with Crippen LogP contribution >= 0.6 is 11.8 Å². The predicted molar refractivity (Wildman–Crippen MR) is 70.8 cm³/mol. The van der Waals surface area contributed by atoms with Crippen molar-refractivity contribution in [2.45, 2.75) is 24.4 Å². The van der Waals surface area contributed by atoms with E-state index in [0.29, 0.717) is 11.8 Å². The molecule has 0 radical (unpaired) electrons. The van der Waals surface area contributed by atoms with Crippen LogP contribution in [-0.2, 0) is 4.74 Å². The monoisotopic (exact) mass is 263 g/mol. The molecule has 0 saturated carbocycles. The van der Waals surface area contributed by atoms with Crippen molar-refractivity contribution >= 4 is 28.7 Å². The zero-order chi connectivity index (χ0) is 13.6. The Morgan fingerprint density at radius 2 is 2.33 bits per heavy atom. The van der Waals surface area contributed by atoms with Crippen molar-refractivity contribution in [2.75, 3.05) is 6.61 Å². The minimum absolute atomic E-state index is 0.284. The molecule has 0 spiro atoms. The number of hydrogen-bond acceptors (Lipinski definition) is 4. The molecular weight excluding hydrogens is 248 g/mol. The average molecular weight is 263 g/mol. The van der Waals surface area contributed by atoms with E-state index < -0.39 is 11.3 Å². The summed E-state index contributed by atoms with van der Waals surface area (Å²) in [7, 11) is 0. The number of ether oxygens (including phenoxy) is 1. The molecule has 0 fully saturated rings. The lowest BCUT2D eigenvalue weighted by atomic mass is 10.1. The molecule has 5 heteroatoms. The molecule has 3 rings (SSSR count). The maximum atomic E-state index is 12.5. The highest BCUT2D eigenvalue weighted by Crippen LogP contribution is 2.37. The number of carbonyl (C=O) groups excluding carboxylic acids is 1. The Morgan fingerprint density at radius 1 is 1.56 bits per heavy atom. The van der Waals surface area contributed by atoms with E-state index in [1.165, 1.54) is 16.3 Å². The maximum absolute atomic E-state index is 12.5. The summed E-state index contributed by atoms with van der Waals surface area (Å²) in [5.74, 6) is -1.59. The van der Waals surface area contributed by atoms with Crippen LogP contribution < -0.4 is 0 Å². The number of imidazole rings is 1. The number of rotatable bonds is 2. The number of carbonyl (C=O) groups is 1. The second-order valence-corrected chi connectivity index (χ2v) is 5.14. The van der Waals surface area contributed by atoms with E-state index in [4.69, 9.17) is 6.11 Å². The number of aromatic nitrogens is 2. The first-order valence-electron chi connectivity index (χ1n) is 6.36. The van der Waals surface area contributed by atoms with Gasteiger partial charge in [-0.3, -0.25) is 9.36 Å². The van der Waals surface area contributed by atoms with E-state index in [-0.39, 0.29) is 5.91 Å². The fourth-order valence-corrected chi connectivity index (χ4v) is 3.16. The van der Waals surface area contributed by atoms with Crippen LogP contribution in [0.15, 0.2) is 29.4 Å². The maximum Gasteiger partial charge on any atom is 0.239 e. The molecule has 0 bridgehead atoms. The summed E-state index contributed by atoms with van der Waals surface area (Å²) in [6, 6.07) is 7.47. The number of thioether (sulfide) groups is 1. The summed E-state index contributed by atoms with van der Waals surface area (Å²) >= 11 is 1.34. The minimum atomic E-state index is -1.31. The molecule has 2 unspecified atom stereocenters. The number of para-hydroxylation sites is 2. The summed E-state index contributed by atoms with van der Waals surface area (Å²) in [6.07, 6.45) is 0. The van der Waals surface area contributed by atoms with Crippen molar-refractivity contribution in [3.63, 3.8) is 0 Å². The van der Waals surface area contributed by atoms with Gasteiger partial charge in [0.25, 0.3) is 0 Å². The first-order valence-corrected chi connectivity index (χ1v) is 6.74. The first-order chi connectivity index (χ1) is 9.05. The Kier molecular flexibility index (Phi) is 2.59. The summed E-state index contributed by atoms with van der Waals surface area (Å²) in [6.45, 7) is 3.93. The lowest BCUT2D eigenvalue weighted by Crippen LogP contribution is -2.34. The Balaban J connectivity index is 2.18. The van der Waals surface area contributed by atoms with Gasteiger partial charge in [-0.25, -0.2) is 4.98 Å². The Labute approximate surface area is 111 Å². The topological polar surface area (TPSA) is 44.1 Å². The fraction of sp³-hybridized carbons (Fsp3) is 0.385. The Hall–Kier alpha value is -1.33. The third-order valence-electron chi connectivity index (χ3n) is 2.95. The molecule has 2 aromatic rings. The normalized spacial score (nSPS) is 28.2. The third-order valence-corrected chi connectivity index (χ3v) is 4.14. The Bertz CT molecular complexity index is 653. The van der Waals surface area contributed by atoms with Crippen molar-refractivity contribution in [1.82, 2.24) is 9.55 Å². The second-order valence-electron chi connectivity index (χ2n) is 4.11. The van der Waals surface area contributed by atoms with E-state index in [0.717, 1.165) is 11.0 Å². The lowest BCUT2D eigenvalue weighted by molar-refractivity contribution is 0.0557. The van der Waals surface area contributed by atoms with Crippen LogP contribution in [0.1, 0.15) is 20.0 Å². The van der Waals surface area contributed by atoms with Crippen LogP contribution in [0.4, 0.5) is 0 Å². The van der Waals surface area contributed by atoms with Crippen LogP contribution in [0.25, 0.3) is 11.0 Å². The lowest BCUT2D eigenvalue weighted by Gasteiger charge is -2.27. The van der Waals surface area contributed by atoms with Gasteiger partial charge in [-0.05, 0) is 19.1 Å². The first kappa shape index (κ1) is 10.6. The highest BCUT2D eigenvalue weighted by atomic mass is 32.2. The molecule has 0 aliphatic carbocycles. The van der Waals surface area contributed by atoms with E-state index in [9.17, 15) is 4.79 Å². The standard InChI is InChI=1S/C13H14N2O2S/c1-3-17-12-8(2)11(16)15-10-7-5-4-6-9(10)14-13(15)18-12/h4-8,12H,3H2,1-2H3/i8D. The predicted octanol–water partition coefficient (Wildman–Crippen LogP) is 2.78. The van der Waals surface area contributed by atoms with Crippen LogP contribution in [0, 0.1) is 5.89 Å². The van der Waals surface area contributed by atoms with Crippen molar-refractivity contribution in [3.05, 3.63) is 24.3 Å². The number of hydrogen-bond donors (Lipinski definition) is 0. The average Bonchev–Trinajstić information content (AvgIpc) is 2.74. The van der Waals surface area contributed by atoms with Crippen LogP contribution in [0.5, 0.6) is 0 Å². The summed E-state index contributed by atoms with van der Waals surface area (Å²) < 4.78 is 15.3. The van der Waals surface area contributed by atoms with E-state index >= 15 is 0 Å². The smallest absolute Gasteiger partial charge is 0.239 e. The van der Waals surface area contributed by atoms with Gasteiger partial charge >= 0.3 is 0 Å².